The van der Waals surface area contributed by atoms with Crippen molar-refractivity contribution < 1.29 is 9.90 Å². The number of nitrogens with one attached hydrogen (secondary N) is 1. The van der Waals surface area contributed by atoms with Crippen LogP contribution >= 0.6 is 12.6 Å². The van der Waals surface area contributed by atoms with Crippen LogP contribution in [0.15, 0.2) is 30.3 Å². The highest BCUT2D eigenvalue weighted by Crippen LogP contribution is 2.23. The van der Waals surface area contributed by atoms with Crippen LogP contribution in [0.1, 0.15) is 10.9 Å². The van der Waals surface area contributed by atoms with Gasteiger partial charge in [-0.1, -0.05) is 18.2 Å². The van der Waals surface area contributed by atoms with E-state index in [1.807, 2.05) is 24.3 Å². The summed E-state index contributed by atoms with van der Waals surface area (Å²) in [4.78, 5) is 13.7. The second-order valence-electron chi connectivity index (χ2n) is 3.05. The molecular formula is C10H9NO2S. The Morgan fingerprint density at radius 2 is 2.14 bits per heavy atom. The first-order chi connectivity index (χ1) is 6.68. The Labute approximate surface area is 86.2 Å². The Morgan fingerprint density at radius 1 is 1.43 bits per heavy atom. The Morgan fingerprint density at radius 3 is 2.79 bits per heavy atom. The van der Waals surface area contributed by atoms with Crippen LogP contribution in [0.3, 0.4) is 0 Å². The van der Waals surface area contributed by atoms with Gasteiger partial charge in [0.05, 0.1) is 0 Å². The first-order valence-electron chi connectivity index (χ1n) is 4.17. The fourth-order valence-corrected chi connectivity index (χ4v) is 1.52. The van der Waals surface area contributed by atoms with Crippen LogP contribution in [0.25, 0.3) is 10.9 Å². The van der Waals surface area contributed by atoms with E-state index >= 15 is 0 Å². The van der Waals surface area contributed by atoms with Crippen LogP contribution < -0.4 is 0 Å². The maximum absolute atomic E-state index is 10.7. The van der Waals surface area contributed by atoms with Crippen LogP contribution in [0.5, 0.6) is 0 Å². The van der Waals surface area contributed by atoms with Crippen LogP contribution in [0, 0.1) is 0 Å². The zero-order chi connectivity index (χ0) is 10.1. The summed E-state index contributed by atoms with van der Waals surface area (Å²) in [5.74, 6) is -0.945. The van der Waals surface area contributed by atoms with Crippen molar-refractivity contribution >= 4 is 29.5 Å². The fraction of sp³-hybridized carbons (Fsp3) is 0.100. The van der Waals surface area contributed by atoms with Gasteiger partial charge in [0, 0.05) is 11.2 Å². The molecule has 4 heteroatoms. The van der Waals surface area contributed by atoms with Gasteiger partial charge in [0.1, 0.15) is 5.25 Å². The van der Waals surface area contributed by atoms with Crippen molar-refractivity contribution in [2.75, 3.05) is 0 Å². The minimum atomic E-state index is -0.945. The van der Waals surface area contributed by atoms with Crippen LogP contribution in [-0.2, 0) is 4.79 Å². The molecule has 0 saturated heterocycles. The van der Waals surface area contributed by atoms with E-state index in [9.17, 15) is 4.79 Å². The van der Waals surface area contributed by atoms with Crippen molar-refractivity contribution in [3.05, 3.63) is 36.0 Å². The molecule has 2 rings (SSSR count). The Bertz CT molecular complexity index is 445. The third-order valence-corrected chi connectivity index (χ3v) is 2.58. The van der Waals surface area contributed by atoms with Gasteiger partial charge < -0.3 is 10.1 Å². The van der Waals surface area contributed by atoms with Gasteiger partial charge in [0.2, 0.25) is 0 Å². The summed E-state index contributed by atoms with van der Waals surface area (Å²) in [6.07, 6.45) is 0. The second-order valence-corrected chi connectivity index (χ2v) is 3.57. The first-order valence-corrected chi connectivity index (χ1v) is 4.68. The molecular weight excluding hydrogens is 198 g/mol. The van der Waals surface area contributed by atoms with E-state index in [1.165, 1.54) is 0 Å². The van der Waals surface area contributed by atoms with Crippen molar-refractivity contribution in [2.45, 2.75) is 5.25 Å². The number of aromatic nitrogens is 1. The third kappa shape index (κ3) is 1.48. The van der Waals surface area contributed by atoms with E-state index in [1.54, 1.807) is 6.07 Å². The quantitative estimate of drug-likeness (QED) is 0.661. The smallest absolute Gasteiger partial charge is 0.322 e. The van der Waals surface area contributed by atoms with Crippen molar-refractivity contribution in [1.29, 1.82) is 0 Å². The fourth-order valence-electron chi connectivity index (χ4n) is 1.38. The number of aromatic amines is 1. The highest BCUT2D eigenvalue weighted by Gasteiger charge is 2.16. The lowest BCUT2D eigenvalue weighted by Crippen LogP contribution is -2.04. The number of para-hydroxylation sites is 1. The second kappa shape index (κ2) is 3.38. The summed E-state index contributed by atoms with van der Waals surface area (Å²) >= 11 is 3.99. The molecule has 0 fully saturated rings. The maximum atomic E-state index is 10.7. The first kappa shape index (κ1) is 9.15. The lowest BCUT2D eigenvalue weighted by atomic mass is 10.2. The molecule has 0 bridgehead atoms. The Hall–Kier alpha value is -1.42. The molecule has 1 aromatic carbocycles. The van der Waals surface area contributed by atoms with E-state index in [4.69, 9.17) is 5.11 Å². The van der Waals surface area contributed by atoms with E-state index in [-0.39, 0.29) is 0 Å². The minimum Gasteiger partial charge on any atom is -0.480 e. The summed E-state index contributed by atoms with van der Waals surface area (Å²) in [5.41, 5.74) is 1.55. The monoisotopic (exact) mass is 207 g/mol. The molecule has 0 amide bonds. The molecule has 0 aliphatic rings. The average Bonchev–Trinajstić information content (AvgIpc) is 2.59. The zero-order valence-corrected chi connectivity index (χ0v) is 8.16. The molecule has 1 heterocycles. The van der Waals surface area contributed by atoms with Gasteiger partial charge in [0.25, 0.3) is 0 Å². The molecule has 1 aromatic heterocycles. The summed E-state index contributed by atoms with van der Waals surface area (Å²) in [7, 11) is 0. The van der Waals surface area contributed by atoms with Crippen molar-refractivity contribution in [2.24, 2.45) is 0 Å². The summed E-state index contributed by atoms with van der Waals surface area (Å²) in [5, 5.41) is 8.98. The number of carbonyl (C=O) groups is 1. The van der Waals surface area contributed by atoms with Gasteiger partial charge in [-0.15, -0.1) is 0 Å². The van der Waals surface area contributed by atoms with Crippen molar-refractivity contribution in [3.63, 3.8) is 0 Å². The third-order valence-electron chi connectivity index (χ3n) is 2.08. The van der Waals surface area contributed by atoms with Crippen LogP contribution in [0.2, 0.25) is 0 Å². The number of hydrogen-bond acceptors (Lipinski definition) is 2. The number of aliphatic carboxylic acids is 1. The van der Waals surface area contributed by atoms with Gasteiger partial charge in [-0.3, -0.25) is 4.79 Å². The highest BCUT2D eigenvalue weighted by atomic mass is 32.1. The van der Waals surface area contributed by atoms with Crippen LogP contribution in [0.4, 0.5) is 0 Å². The molecule has 2 N–H and O–H groups in total. The average molecular weight is 207 g/mol. The standard InChI is InChI=1S/C10H9NO2S/c12-10(13)9(14)8-5-6-3-1-2-4-7(6)11-8/h1-5,9,11,14H,(H,12,13). The van der Waals surface area contributed by atoms with Gasteiger partial charge in [-0.25, -0.2) is 0 Å². The van der Waals surface area contributed by atoms with Gasteiger partial charge >= 0.3 is 5.97 Å². The SMILES string of the molecule is O=C(O)C(S)c1cc2ccccc2[nH]1. The molecule has 0 radical (unpaired) electrons. The highest BCUT2D eigenvalue weighted by molar-refractivity contribution is 7.81. The number of carboxylic acid groups (broad SMARTS) is 1. The molecule has 2 aromatic rings. The number of thiol groups is 1. The molecule has 3 nitrogen and oxygen atoms in total. The predicted octanol–water partition coefficient (Wildman–Crippen LogP) is 2.22. The summed E-state index contributed by atoms with van der Waals surface area (Å²) < 4.78 is 0. The van der Waals surface area contributed by atoms with E-state index in [2.05, 4.69) is 17.6 Å². The Balaban J connectivity index is 2.50. The normalized spacial score (nSPS) is 12.9. The number of carboxylic acids is 1. The van der Waals surface area contributed by atoms with Gasteiger partial charge in [-0.05, 0) is 17.5 Å². The van der Waals surface area contributed by atoms with E-state index in [0.717, 1.165) is 10.9 Å². The number of rotatable bonds is 2. The molecule has 1 atom stereocenters. The molecule has 0 spiro atoms. The molecule has 1 unspecified atom stereocenters. The molecule has 0 aliphatic heterocycles. The van der Waals surface area contributed by atoms with Crippen LogP contribution in [-0.4, -0.2) is 16.1 Å². The number of fused-ring (bicyclic) bond motifs is 1. The maximum Gasteiger partial charge on any atom is 0.322 e. The number of H-pyrrole nitrogens is 1. The summed E-state index contributed by atoms with van der Waals surface area (Å²) in [6, 6.07) is 9.45. The van der Waals surface area contributed by atoms with Gasteiger partial charge in [0.15, 0.2) is 0 Å². The molecule has 14 heavy (non-hydrogen) atoms. The topological polar surface area (TPSA) is 53.1 Å². The largest absolute Gasteiger partial charge is 0.480 e. The van der Waals surface area contributed by atoms with Crippen molar-refractivity contribution in [1.82, 2.24) is 4.98 Å². The Kier molecular flexibility index (Phi) is 2.21. The van der Waals surface area contributed by atoms with Gasteiger partial charge in [-0.2, -0.15) is 12.6 Å². The van der Waals surface area contributed by atoms with E-state index < -0.39 is 11.2 Å². The predicted molar refractivity (Wildman–Crippen MR) is 57.7 cm³/mol. The zero-order valence-electron chi connectivity index (χ0n) is 7.27. The molecule has 72 valence electrons. The summed E-state index contributed by atoms with van der Waals surface area (Å²) in [6.45, 7) is 0. The van der Waals surface area contributed by atoms with E-state index in [0.29, 0.717) is 5.69 Å². The number of benzene rings is 1. The number of hydrogen-bond donors (Lipinski definition) is 3. The lowest BCUT2D eigenvalue weighted by Gasteiger charge is -2.00. The minimum absolute atomic E-state index is 0.613. The lowest BCUT2D eigenvalue weighted by molar-refractivity contribution is -0.136. The molecule has 0 saturated carbocycles. The van der Waals surface area contributed by atoms with Crippen molar-refractivity contribution in [3.8, 4) is 0 Å². The molecule has 0 aliphatic carbocycles.